The van der Waals surface area contributed by atoms with E-state index in [4.69, 9.17) is 19.3 Å². The van der Waals surface area contributed by atoms with E-state index in [1.807, 2.05) is 0 Å². The number of hydrogen-bond acceptors (Lipinski definition) is 6. The molecule has 0 aromatic heterocycles. The number of ether oxygens (including phenoxy) is 3. The molecule has 100 valence electrons. The van der Waals surface area contributed by atoms with Gasteiger partial charge in [0, 0.05) is 21.1 Å². The summed E-state index contributed by atoms with van der Waals surface area (Å²) in [5.74, 6) is -0.308. The van der Waals surface area contributed by atoms with E-state index in [0.717, 1.165) is 0 Å². The first-order valence-corrected chi connectivity index (χ1v) is 5.32. The van der Waals surface area contributed by atoms with Crippen molar-refractivity contribution in [3.63, 3.8) is 0 Å². The molecule has 7 heteroatoms. The van der Waals surface area contributed by atoms with Gasteiger partial charge >= 0.3 is 0 Å². The van der Waals surface area contributed by atoms with Gasteiger partial charge in [-0.1, -0.05) is 0 Å². The van der Waals surface area contributed by atoms with E-state index in [0.29, 0.717) is 0 Å². The Labute approximate surface area is 99.7 Å². The molecule has 0 aromatic carbocycles. The zero-order valence-corrected chi connectivity index (χ0v) is 10.1. The van der Waals surface area contributed by atoms with Crippen LogP contribution < -0.4 is 5.32 Å². The first kappa shape index (κ1) is 14.3. The lowest BCUT2D eigenvalue weighted by Gasteiger charge is -2.43. The second-order valence-corrected chi connectivity index (χ2v) is 3.88. The fourth-order valence-electron chi connectivity index (χ4n) is 1.95. The molecule has 0 spiro atoms. The van der Waals surface area contributed by atoms with Crippen LogP contribution in [0.4, 0.5) is 0 Å². The summed E-state index contributed by atoms with van der Waals surface area (Å²) in [5, 5.41) is 21.7. The van der Waals surface area contributed by atoms with Crippen molar-refractivity contribution in [2.24, 2.45) is 0 Å². The minimum absolute atomic E-state index is 0.303. The van der Waals surface area contributed by atoms with Gasteiger partial charge in [-0.05, 0) is 0 Å². The summed E-state index contributed by atoms with van der Waals surface area (Å²) in [4.78, 5) is 11.0. The fourth-order valence-corrected chi connectivity index (χ4v) is 1.95. The number of nitrogens with one attached hydrogen (secondary N) is 1. The molecule has 1 aliphatic heterocycles. The largest absolute Gasteiger partial charge is 0.394 e. The Kier molecular flexibility index (Phi) is 5.29. The standard InChI is InChI=1S/C10H19NO6/c1-5(13)11-7-8(14)9(15-2)6(4-12)17-10(7)16-3/h6-10,12,14H,4H2,1-3H3,(H,11,13). The van der Waals surface area contributed by atoms with E-state index in [1.54, 1.807) is 0 Å². The summed E-state index contributed by atoms with van der Waals surface area (Å²) >= 11 is 0. The zero-order chi connectivity index (χ0) is 13.0. The van der Waals surface area contributed by atoms with Gasteiger partial charge in [0.1, 0.15) is 24.4 Å². The minimum Gasteiger partial charge on any atom is -0.394 e. The molecule has 0 aliphatic carbocycles. The number of rotatable bonds is 4. The fraction of sp³-hybridized carbons (Fsp3) is 0.900. The predicted octanol–water partition coefficient (Wildman–Crippen LogP) is -1.77. The van der Waals surface area contributed by atoms with Crippen molar-refractivity contribution in [1.29, 1.82) is 0 Å². The Morgan fingerprint density at radius 3 is 2.47 bits per heavy atom. The lowest BCUT2D eigenvalue weighted by Crippen LogP contribution is -2.64. The van der Waals surface area contributed by atoms with Gasteiger partial charge in [-0.3, -0.25) is 4.79 Å². The van der Waals surface area contributed by atoms with Crippen molar-refractivity contribution >= 4 is 5.91 Å². The normalized spacial score (nSPS) is 37.8. The van der Waals surface area contributed by atoms with E-state index >= 15 is 0 Å². The van der Waals surface area contributed by atoms with Gasteiger partial charge in [0.15, 0.2) is 6.29 Å². The highest BCUT2D eigenvalue weighted by Crippen LogP contribution is 2.23. The first-order valence-electron chi connectivity index (χ1n) is 5.32. The quantitative estimate of drug-likeness (QED) is 0.545. The Hall–Kier alpha value is -0.730. The van der Waals surface area contributed by atoms with Crippen LogP contribution in [-0.4, -0.2) is 67.6 Å². The number of carbonyl (C=O) groups is 1. The van der Waals surface area contributed by atoms with Crippen molar-refractivity contribution in [2.75, 3.05) is 20.8 Å². The molecule has 0 saturated carbocycles. The van der Waals surface area contributed by atoms with Crippen molar-refractivity contribution in [3.05, 3.63) is 0 Å². The van der Waals surface area contributed by atoms with Crippen LogP contribution in [0.25, 0.3) is 0 Å². The van der Waals surface area contributed by atoms with Crippen LogP contribution in [0.3, 0.4) is 0 Å². The number of carbonyl (C=O) groups excluding carboxylic acids is 1. The molecule has 1 amide bonds. The maximum atomic E-state index is 11.0. The van der Waals surface area contributed by atoms with E-state index in [1.165, 1.54) is 21.1 Å². The molecule has 5 atom stereocenters. The smallest absolute Gasteiger partial charge is 0.217 e. The molecule has 0 aromatic rings. The molecule has 0 bridgehead atoms. The van der Waals surface area contributed by atoms with Gasteiger partial charge in [-0.2, -0.15) is 0 Å². The minimum atomic E-state index is -1.01. The topological polar surface area (TPSA) is 97.2 Å². The number of hydrogen-bond donors (Lipinski definition) is 3. The number of aliphatic hydroxyl groups excluding tert-OH is 2. The third kappa shape index (κ3) is 3.14. The van der Waals surface area contributed by atoms with Crippen molar-refractivity contribution in [1.82, 2.24) is 5.32 Å². The van der Waals surface area contributed by atoms with E-state index in [2.05, 4.69) is 5.32 Å². The van der Waals surface area contributed by atoms with Gasteiger partial charge in [-0.25, -0.2) is 0 Å². The molecule has 0 radical (unpaired) electrons. The summed E-state index contributed by atoms with van der Waals surface area (Å²) in [5.41, 5.74) is 0. The van der Waals surface area contributed by atoms with Crippen LogP contribution in [0.5, 0.6) is 0 Å². The molecule has 1 heterocycles. The molecule has 3 N–H and O–H groups in total. The van der Waals surface area contributed by atoms with E-state index in [-0.39, 0.29) is 12.5 Å². The number of aliphatic hydroxyl groups is 2. The number of methoxy groups -OCH3 is 2. The third-order valence-corrected chi connectivity index (χ3v) is 2.73. The maximum Gasteiger partial charge on any atom is 0.217 e. The van der Waals surface area contributed by atoms with Crippen LogP contribution in [0.1, 0.15) is 6.92 Å². The van der Waals surface area contributed by atoms with Gasteiger partial charge < -0.3 is 29.7 Å². The van der Waals surface area contributed by atoms with Gasteiger partial charge in [0.2, 0.25) is 5.91 Å². The Balaban J connectivity index is 2.83. The summed E-state index contributed by atoms with van der Waals surface area (Å²) in [6, 6.07) is -0.731. The molecular formula is C10H19NO6. The van der Waals surface area contributed by atoms with E-state index in [9.17, 15) is 9.90 Å². The molecule has 1 fully saturated rings. The van der Waals surface area contributed by atoms with Gasteiger partial charge in [-0.15, -0.1) is 0 Å². The Bertz CT molecular complexity index is 261. The summed E-state index contributed by atoms with van der Waals surface area (Å²) < 4.78 is 15.5. The molecule has 1 aliphatic rings. The average molecular weight is 249 g/mol. The third-order valence-electron chi connectivity index (χ3n) is 2.73. The first-order chi connectivity index (χ1) is 8.04. The zero-order valence-electron chi connectivity index (χ0n) is 10.1. The van der Waals surface area contributed by atoms with Crippen molar-refractivity contribution in [2.45, 2.75) is 37.6 Å². The molecule has 5 unspecified atom stereocenters. The molecule has 1 saturated heterocycles. The highest BCUT2D eigenvalue weighted by atomic mass is 16.7. The summed E-state index contributed by atoms with van der Waals surface area (Å²) in [6.07, 6.45) is -3.24. The monoisotopic (exact) mass is 249 g/mol. The second-order valence-electron chi connectivity index (χ2n) is 3.88. The highest BCUT2D eigenvalue weighted by Gasteiger charge is 2.45. The summed E-state index contributed by atoms with van der Waals surface area (Å²) in [6.45, 7) is 1.03. The van der Waals surface area contributed by atoms with E-state index < -0.39 is 30.6 Å². The van der Waals surface area contributed by atoms with Gasteiger partial charge in [0.25, 0.3) is 0 Å². The van der Waals surface area contributed by atoms with Gasteiger partial charge in [0.05, 0.1) is 6.61 Å². The Morgan fingerprint density at radius 2 is 2.06 bits per heavy atom. The maximum absolute atomic E-state index is 11.0. The second kappa shape index (κ2) is 6.27. The molecule has 17 heavy (non-hydrogen) atoms. The van der Waals surface area contributed by atoms with Crippen LogP contribution in [-0.2, 0) is 19.0 Å². The molecule has 7 nitrogen and oxygen atoms in total. The van der Waals surface area contributed by atoms with Crippen LogP contribution in [0.2, 0.25) is 0 Å². The molecular weight excluding hydrogens is 230 g/mol. The predicted molar refractivity (Wildman–Crippen MR) is 57.2 cm³/mol. The lowest BCUT2D eigenvalue weighted by molar-refractivity contribution is -0.267. The highest BCUT2D eigenvalue weighted by molar-refractivity contribution is 5.73. The van der Waals surface area contributed by atoms with Crippen molar-refractivity contribution in [3.8, 4) is 0 Å². The average Bonchev–Trinajstić information content (AvgIpc) is 2.30. The van der Waals surface area contributed by atoms with Crippen LogP contribution >= 0.6 is 0 Å². The van der Waals surface area contributed by atoms with Crippen molar-refractivity contribution < 1.29 is 29.2 Å². The Morgan fingerprint density at radius 1 is 1.41 bits per heavy atom. The molecule has 1 rings (SSSR count). The number of amides is 1. The lowest BCUT2D eigenvalue weighted by atomic mass is 9.96. The van der Waals surface area contributed by atoms with Crippen LogP contribution in [0.15, 0.2) is 0 Å². The summed E-state index contributed by atoms with van der Waals surface area (Å²) in [7, 11) is 2.80. The SMILES string of the molecule is COC1OC(CO)C(OC)C(O)C1NC(C)=O. The van der Waals surface area contributed by atoms with Crippen LogP contribution in [0, 0.1) is 0 Å².